The fraction of sp³-hybridized carbons (Fsp3) is 0.429. The van der Waals surface area contributed by atoms with Crippen LogP contribution in [0.3, 0.4) is 0 Å². The molecule has 23 heavy (non-hydrogen) atoms. The van der Waals surface area contributed by atoms with Gasteiger partial charge in [-0.15, -0.1) is 0 Å². The Labute approximate surface area is 141 Å². The number of anilines is 1. The van der Waals surface area contributed by atoms with Gasteiger partial charge in [0.1, 0.15) is 0 Å². The molecule has 0 atom stereocenters. The zero-order chi connectivity index (χ0) is 17.1. The van der Waals surface area contributed by atoms with Gasteiger partial charge in [0.05, 0.1) is 29.5 Å². The third-order valence-electron chi connectivity index (χ3n) is 3.33. The maximum absolute atomic E-state index is 12.1. The average Bonchev–Trinajstić information content (AvgIpc) is 2.99. The summed E-state index contributed by atoms with van der Waals surface area (Å²) in [5.74, 6) is -0.824. The number of nitrogens with zero attached hydrogens (tertiary/aromatic N) is 4. The van der Waals surface area contributed by atoms with Gasteiger partial charge in [0.25, 0.3) is 0 Å². The lowest BCUT2D eigenvalue weighted by Crippen LogP contribution is -2.17. The number of halogens is 1. The SMILES string of the molecule is COC(=O)c1nn(C)cc1NC(=O)CCn1nc(C)c(Br)c1C. The van der Waals surface area contributed by atoms with Crippen molar-refractivity contribution < 1.29 is 14.3 Å². The van der Waals surface area contributed by atoms with E-state index in [0.29, 0.717) is 12.2 Å². The van der Waals surface area contributed by atoms with E-state index in [1.54, 1.807) is 17.9 Å². The van der Waals surface area contributed by atoms with E-state index in [2.05, 4.69) is 36.2 Å². The van der Waals surface area contributed by atoms with E-state index in [-0.39, 0.29) is 18.0 Å². The molecule has 0 saturated carbocycles. The molecule has 124 valence electrons. The Bertz CT molecular complexity index is 750. The summed E-state index contributed by atoms with van der Waals surface area (Å²) in [5, 5.41) is 11.0. The smallest absolute Gasteiger partial charge is 0.360 e. The summed E-state index contributed by atoms with van der Waals surface area (Å²) >= 11 is 3.45. The number of methoxy groups -OCH3 is 1. The predicted octanol–water partition coefficient (Wildman–Crippen LogP) is 1.81. The Morgan fingerprint density at radius 1 is 1.35 bits per heavy atom. The van der Waals surface area contributed by atoms with Crippen LogP contribution in [0.2, 0.25) is 0 Å². The van der Waals surface area contributed by atoms with Crippen molar-refractivity contribution in [2.45, 2.75) is 26.8 Å². The fourth-order valence-corrected chi connectivity index (χ4v) is 2.42. The second kappa shape index (κ2) is 6.95. The van der Waals surface area contributed by atoms with Crippen LogP contribution in [0.25, 0.3) is 0 Å². The molecule has 2 rings (SSSR count). The summed E-state index contributed by atoms with van der Waals surface area (Å²) in [6.07, 6.45) is 1.79. The maximum atomic E-state index is 12.1. The molecule has 2 aromatic heterocycles. The highest BCUT2D eigenvalue weighted by molar-refractivity contribution is 9.10. The van der Waals surface area contributed by atoms with Crippen LogP contribution in [-0.2, 0) is 23.1 Å². The van der Waals surface area contributed by atoms with Crippen LogP contribution in [0.15, 0.2) is 10.7 Å². The highest BCUT2D eigenvalue weighted by Gasteiger charge is 2.18. The monoisotopic (exact) mass is 383 g/mol. The molecule has 0 saturated heterocycles. The van der Waals surface area contributed by atoms with Crippen molar-refractivity contribution in [3.05, 3.63) is 27.8 Å². The maximum Gasteiger partial charge on any atom is 0.360 e. The predicted molar refractivity (Wildman–Crippen MR) is 87.2 cm³/mol. The van der Waals surface area contributed by atoms with Crippen molar-refractivity contribution in [1.29, 1.82) is 0 Å². The lowest BCUT2D eigenvalue weighted by molar-refractivity contribution is -0.116. The molecule has 0 aliphatic heterocycles. The van der Waals surface area contributed by atoms with Crippen molar-refractivity contribution in [3.8, 4) is 0 Å². The van der Waals surface area contributed by atoms with Crippen LogP contribution in [0.4, 0.5) is 5.69 Å². The van der Waals surface area contributed by atoms with Crippen LogP contribution >= 0.6 is 15.9 Å². The fourth-order valence-electron chi connectivity index (χ4n) is 2.14. The minimum absolute atomic E-state index is 0.0807. The van der Waals surface area contributed by atoms with Crippen molar-refractivity contribution >= 4 is 33.5 Å². The number of carbonyl (C=O) groups is 2. The molecule has 2 heterocycles. The lowest BCUT2D eigenvalue weighted by Gasteiger charge is -2.06. The normalized spacial score (nSPS) is 10.7. The van der Waals surface area contributed by atoms with E-state index in [1.807, 2.05) is 13.8 Å². The van der Waals surface area contributed by atoms with Crippen molar-refractivity contribution in [2.75, 3.05) is 12.4 Å². The molecule has 0 unspecified atom stereocenters. The molecule has 0 aliphatic carbocycles. The summed E-state index contributed by atoms with van der Waals surface area (Å²) in [6.45, 7) is 4.27. The standard InChI is InChI=1S/C14H18BrN5O3/c1-8-12(15)9(2)20(17-8)6-5-11(21)16-10-7-19(3)18-13(10)14(22)23-4/h7H,5-6H2,1-4H3,(H,16,21). The molecule has 1 amide bonds. The number of hydrogen-bond acceptors (Lipinski definition) is 5. The number of aryl methyl sites for hydroxylation is 3. The largest absolute Gasteiger partial charge is 0.464 e. The molecule has 0 fully saturated rings. The van der Waals surface area contributed by atoms with E-state index >= 15 is 0 Å². The Balaban J connectivity index is 2.03. The molecule has 0 aliphatic rings. The number of esters is 1. The van der Waals surface area contributed by atoms with E-state index in [9.17, 15) is 9.59 Å². The minimum Gasteiger partial charge on any atom is -0.464 e. The Morgan fingerprint density at radius 2 is 2.04 bits per heavy atom. The second-order valence-electron chi connectivity index (χ2n) is 5.06. The number of aromatic nitrogens is 4. The highest BCUT2D eigenvalue weighted by atomic mass is 79.9. The molecule has 8 nitrogen and oxygen atoms in total. The van der Waals surface area contributed by atoms with Crippen LogP contribution in [0, 0.1) is 13.8 Å². The summed E-state index contributed by atoms with van der Waals surface area (Å²) in [5.41, 5.74) is 2.26. The van der Waals surface area contributed by atoms with Crippen molar-refractivity contribution in [2.24, 2.45) is 7.05 Å². The number of rotatable bonds is 5. The van der Waals surface area contributed by atoms with E-state index < -0.39 is 5.97 Å². The Morgan fingerprint density at radius 3 is 2.61 bits per heavy atom. The number of carbonyl (C=O) groups excluding carboxylic acids is 2. The minimum atomic E-state index is -0.594. The number of hydrogen-bond donors (Lipinski definition) is 1. The van der Waals surface area contributed by atoms with E-state index in [1.165, 1.54) is 11.8 Å². The van der Waals surface area contributed by atoms with Gasteiger partial charge >= 0.3 is 5.97 Å². The number of nitrogens with one attached hydrogen (secondary N) is 1. The first-order valence-electron chi connectivity index (χ1n) is 6.94. The molecule has 1 N–H and O–H groups in total. The van der Waals surface area contributed by atoms with Gasteiger partial charge in [0.15, 0.2) is 5.69 Å². The first-order valence-corrected chi connectivity index (χ1v) is 7.74. The summed E-state index contributed by atoms with van der Waals surface area (Å²) < 4.78 is 8.80. The molecular formula is C14H18BrN5O3. The molecule has 9 heteroatoms. The summed E-state index contributed by atoms with van der Waals surface area (Å²) in [7, 11) is 2.93. The zero-order valence-corrected chi connectivity index (χ0v) is 15.0. The zero-order valence-electron chi connectivity index (χ0n) is 13.4. The first-order chi connectivity index (χ1) is 10.8. The van der Waals surface area contributed by atoms with Gasteiger partial charge in [-0.25, -0.2) is 4.79 Å². The van der Waals surface area contributed by atoms with Gasteiger partial charge in [0.2, 0.25) is 5.91 Å². The van der Waals surface area contributed by atoms with E-state index in [4.69, 9.17) is 0 Å². The van der Waals surface area contributed by atoms with Gasteiger partial charge in [-0.2, -0.15) is 10.2 Å². The third-order valence-corrected chi connectivity index (χ3v) is 4.47. The Hall–Kier alpha value is -2.16. The second-order valence-corrected chi connectivity index (χ2v) is 5.86. The summed E-state index contributed by atoms with van der Waals surface area (Å²) in [4.78, 5) is 23.7. The summed E-state index contributed by atoms with van der Waals surface area (Å²) in [6, 6.07) is 0. The van der Waals surface area contributed by atoms with Gasteiger partial charge in [-0.1, -0.05) is 0 Å². The topological polar surface area (TPSA) is 91.0 Å². The highest BCUT2D eigenvalue weighted by Crippen LogP contribution is 2.20. The average molecular weight is 384 g/mol. The van der Waals surface area contributed by atoms with Crippen molar-refractivity contribution in [3.63, 3.8) is 0 Å². The lowest BCUT2D eigenvalue weighted by atomic mass is 10.3. The quantitative estimate of drug-likeness (QED) is 0.794. The number of ether oxygens (including phenoxy) is 1. The number of amides is 1. The molecule has 0 bridgehead atoms. The van der Waals surface area contributed by atoms with Crippen LogP contribution in [-0.4, -0.2) is 38.5 Å². The van der Waals surface area contributed by atoms with Crippen LogP contribution < -0.4 is 5.32 Å². The molecule has 0 radical (unpaired) electrons. The molecular weight excluding hydrogens is 366 g/mol. The third kappa shape index (κ3) is 3.79. The van der Waals surface area contributed by atoms with Gasteiger partial charge < -0.3 is 10.1 Å². The van der Waals surface area contributed by atoms with Crippen molar-refractivity contribution in [1.82, 2.24) is 19.6 Å². The molecule has 0 aromatic carbocycles. The molecule has 2 aromatic rings. The molecule has 0 spiro atoms. The van der Waals surface area contributed by atoms with Gasteiger partial charge in [0, 0.05) is 25.4 Å². The van der Waals surface area contributed by atoms with E-state index in [0.717, 1.165) is 15.9 Å². The van der Waals surface area contributed by atoms with Gasteiger partial charge in [-0.3, -0.25) is 14.2 Å². The first kappa shape index (κ1) is 17.2. The van der Waals surface area contributed by atoms with Crippen LogP contribution in [0.5, 0.6) is 0 Å². The van der Waals surface area contributed by atoms with Crippen LogP contribution in [0.1, 0.15) is 28.3 Å². The Kier molecular flexibility index (Phi) is 5.19. The van der Waals surface area contributed by atoms with Gasteiger partial charge in [-0.05, 0) is 29.8 Å².